The summed E-state index contributed by atoms with van der Waals surface area (Å²) in [5, 5.41) is 0.647. The Morgan fingerprint density at radius 2 is 2.24 bits per heavy atom. The first-order chi connectivity index (χ1) is 8.29. The number of rotatable bonds is 2. The quantitative estimate of drug-likeness (QED) is 0.595. The summed E-state index contributed by atoms with van der Waals surface area (Å²) >= 11 is 5.97. The van der Waals surface area contributed by atoms with Crippen LogP contribution < -0.4 is 0 Å². The van der Waals surface area contributed by atoms with Gasteiger partial charge in [0.1, 0.15) is 0 Å². The lowest BCUT2D eigenvalue weighted by Gasteiger charge is -2.33. The molecule has 0 radical (unpaired) electrons. The van der Waals surface area contributed by atoms with Crippen LogP contribution >= 0.6 is 11.6 Å². The maximum absolute atomic E-state index is 11.1. The number of hydrogen-bond donors (Lipinski definition) is 0. The second-order valence-corrected chi connectivity index (χ2v) is 5.05. The van der Waals surface area contributed by atoms with Crippen molar-refractivity contribution in [3.63, 3.8) is 0 Å². The Morgan fingerprint density at radius 1 is 1.35 bits per heavy atom. The van der Waals surface area contributed by atoms with Gasteiger partial charge < -0.3 is 4.90 Å². The van der Waals surface area contributed by atoms with Gasteiger partial charge in [0.2, 0.25) is 6.41 Å². The van der Waals surface area contributed by atoms with Crippen molar-refractivity contribution in [3.8, 4) is 0 Å². The van der Waals surface area contributed by atoms with Crippen LogP contribution in [0.5, 0.6) is 0 Å². The van der Waals surface area contributed by atoms with Gasteiger partial charge in [-0.2, -0.15) is 0 Å². The number of amides is 1. The zero-order chi connectivity index (χ0) is 11.8. The highest BCUT2D eigenvalue weighted by Gasteiger charge is 2.39. The molecule has 1 amide bonds. The summed E-state index contributed by atoms with van der Waals surface area (Å²) in [5.41, 5.74) is 1.09. The average Bonchev–Trinajstić information content (AvgIpc) is 2.61. The Balaban J connectivity index is 1.97. The molecular formula is C13H13ClN2O. The standard InChI is InChI=1S/C13H13ClN2O/c14-10-5-9(6-15-7-10)12-3-1-11-2-4-13(12)16(11)8-17/h1,3,5-8,11-13H,2,4H2. The van der Waals surface area contributed by atoms with E-state index in [1.54, 1.807) is 6.20 Å². The first kappa shape index (κ1) is 10.8. The van der Waals surface area contributed by atoms with Crippen LogP contribution in [0.4, 0.5) is 0 Å². The van der Waals surface area contributed by atoms with E-state index in [0.717, 1.165) is 24.8 Å². The number of carbonyl (C=O) groups is 1. The lowest BCUT2D eigenvalue weighted by Crippen LogP contribution is -2.40. The number of pyridine rings is 1. The minimum Gasteiger partial charge on any atom is -0.335 e. The van der Waals surface area contributed by atoms with Gasteiger partial charge in [-0.25, -0.2) is 0 Å². The van der Waals surface area contributed by atoms with Crippen LogP contribution in [0.1, 0.15) is 24.3 Å². The summed E-state index contributed by atoms with van der Waals surface area (Å²) in [6, 6.07) is 2.49. The van der Waals surface area contributed by atoms with Crippen LogP contribution in [0.3, 0.4) is 0 Å². The lowest BCUT2D eigenvalue weighted by atomic mass is 9.90. The van der Waals surface area contributed by atoms with Crippen molar-refractivity contribution in [3.05, 3.63) is 41.2 Å². The maximum atomic E-state index is 11.1. The highest BCUT2D eigenvalue weighted by Crippen LogP contribution is 2.39. The van der Waals surface area contributed by atoms with Crippen molar-refractivity contribution in [1.29, 1.82) is 0 Å². The molecule has 17 heavy (non-hydrogen) atoms. The molecule has 2 bridgehead atoms. The van der Waals surface area contributed by atoms with Gasteiger partial charge >= 0.3 is 0 Å². The van der Waals surface area contributed by atoms with Crippen LogP contribution in [0.2, 0.25) is 5.02 Å². The third-order valence-corrected chi connectivity index (χ3v) is 3.92. The fraction of sp³-hybridized carbons (Fsp3) is 0.385. The molecule has 0 spiro atoms. The molecule has 1 aromatic heterocycles. The molecule has 3 unspecified atom stereocenters. The summed E-state index contributed by atoms with van der Waals surface area (Å²) in [5.74, 6) is 0.227. The van der Waals surface area contributed by atoms with E-state index in [2.05, 4.69) is 17.1 Å². The van der Waals surface area contributed by atoms with Gasteiger partial charge in [-0.15, -0.1) is 0 Å². The molecule has 3 atom stereocenters. The zero-order valence-corrected chi connectivity index (χ0v) is 10.0. The number of aromatic nitrogens is 1. The molecule has 3 nitrogen and oxygen atoms in total. The Bertz CT molecular complexity index is 474. The normalized spacial score (nSPS) is 30.6. The Hall–Kier alpha value is -1.35. The molecule has 3 rings (SSSR count). The number of fused-ring (bicyclic) bond motifs is 2. The van der Waals surface area contributed by atoms with Gasteiger partial charge in [0, 0.05) is 24.4 Å². The minimum atomic E-state index is 0.227. The van der Waals surface area contributed by atoms with E-state index in [9.17, 15) is 4.79 Å². The van der Waals surface area contributed by atoms with Gasteiger partial charge in [-0.05, 0) is 24.5 Å². The molecule has 0 N–H and O–H groups in total. The van der Waals surface area contributed by atoms with E-state index in [4.69, 9.17) is 11.6 Å². The summed E-state index contributed by atoms with van der Waals surface area (Å²) in [7, 11) is 0. The smallest absolute Gasteiger partial charge is 0.210 e. The number of nitrogens with zero attached hydrogens (tertiary/aromatic N) is 2. The van der Waals surface area contributed by atoms with Gasteiger partial charge in [-0.1, -0.05) is 23.8 Å². The highest BCUT2D eigenvalue weighted by atomic mass is 35.5. The predicted octanol–water partition coefficient (Wildman–Crippen LogP) is 2.38. The fourth-order valence-corrected chi connectivity index (χ4v) is 3.10. The van der Waals surface area contributed by atoms with Crippen LogP contribution in [0.25, 0.3) is 0 Å². The van der Waals surface area contributed by atoms with Crippen molar-refractivity contribution < 1.29 is 4.79 Å². The summed E-state index contributed by atoms with van der Waals surface area (Å²) in [6.45, 7) is 0. The Labute approximate surface area is 105 Å². The predicted molar refractivity (Wildman–Crippen MR) is 65.8 cm³/mol. The molecule has 0 aliphatic carbocycles. The van der Waals surface area contributed by atoms with Gasteiger partial charge in [0.25, 0.3) is 0 Å². The molecule has 3 heterocycles. The van der Waals surface area contributed by atoms with Crippen LogP contribution in [-0.4, -0.2) is 28.4 Å². The lowest BCUT2D eigenvalue weighted by molar-refractivity contribution is -0.120. The van der Waals surface area contributed by atoms with Crippen molar-refractivity contribution >= 4 is 18.0 Å². The largest absolute Gasteiger partial charge is 0.335 e. The molecule has 1 saturated heterocycles. The zero-order valence-electron chi connectivity index (χ0n) is 9.29. The highest BCUT2D eigenvalue weighted by molar-refractivity contribution is 6.30. The molecule has 0 saturated carbocycles. The van der Waals surface area contributed by atoms with Gasteiger partial charge in [-0.3, -0.25) is 9.78 Å². The minimum absolute atomic E-state index is 0.227. The van der Waals surface area contributed by atoms with E-state index < -0.39 is 0 Å². The Morgan fingerprint density at radius 3 is 3.00 bits per heavy atom. The molecule has 0 aromatic carbocycles. The second kappa shape index (κ2) is 4.15. The molecule has 1 aromatic rings. The van der Waals surface area contributed by atoms with E-state index in [-0.39, 0.29) is 12.0 Å². The monoisotopic (exact) mass is 248 g/mol. The van der Waals surface area contributed by atoms with E-state index in [0.29, 0.717) is 11.1 Å². The average molecular weight is 249 g/mol. The first-order valence-corrected chi connectivity index (χ1v) is 6.19. The number of carbonyl (C=O) groups excluding carboxylic acids is 1. The number of halogens is 1. The fourth-order valence-electron chi connectivity index (χ4n) is 2.92. The third-order valence-electron chi connectivity index (χ3n) is 3.71. The van der Waals surface area contributed by atoms with E-state index in [1.165, 1.54) is 0 Å². The van der Waals surface area contributed by atoms with Crippen LogP contribution in [0, 0.1) is 0 Å². The SMILES string of the molecule is O=CN1C2C=CC(c3cncc(Cl)c3)C1CC2. The first-order valence-electron chi connectivity index (χ1n) is 5.81. The molecule has 4 heteroatoms. The topological polar surface area (TPSA) is 33.2 Å². The van der Waals surface area contributed by atoms with Crippen molar-refractivity contribution in [2.75, 3.05) is 0 Å². The van der Waals surface area contributed by atoms with E-state index in [1.807, 2.05) is 17.2 Å². The van der Waals surface area contributed by atoms with Crippen LogP contribution in [0.15, 0.2) is 30.6 Å². The third kappa shape index (κ3) is 1.75. The van der Waals surface area contributed by atoms with E-state index >= 15 is 0 Å². The molecule has 2 aliphatic rings. The molecular weight excluding hydrogens is 236 g/mol. The summed E-state index contributed by atoms with van der Waals surface area (Å²) in [4.78, 5) is 17.2. The number of hydrogen-bond acceptors (Lipinski definition) is 2. The van der Waals surface area contributed by atoms with Gasteiger partial charge in [0.05, 0.1) is 11.1 Å². The van der Waals surface area contributed by atoms with Crippen molar-refractivity contribution in [2.45, 2.75) is 30.8 Å². The van der Waals surface area contributed by atoms with Crippen molar-refractivity contribution in [1.82, 2.24) is 9.88 Å². The summed E-state index contributed by atoms with van der Waals surface area (Å²) < 4.78 is 0. The maximum Gasteiger partial charge on any atom is 0.210 e. The molecule has 88 valence electrons. The molecule has 1 fully saturated rings. The summed E-state index contributed by atoms with van der Waals surface area (Å²) in [6.07, 6.45) is 10.9. The van der Waals surface area contributed by atoms with Crippen molar-refractivity contribution in [2.24, 2.45) is 0 Å². The molecule has 2 aliphatic heterocycles. The van der Waals surface area contributed by atoms with Crippen LogP contribution in [-0.2, 0) is 4.79 Å². The second-order valence-electron chi connectivity index (χ2n) is 4.61. The van der Waals surface area contributed by atoms with Gasteiger partial charge in [0.15, 0.2) is 0 Å². The Kier molecular flexibility index (Phi) is 2.63.